The lowest BCUT2D eigenvalue weighted by molar-refractivity contribution is 0.607. The van der Waals surface area contributed by atoms with Crippen molar-refractivity contribution < 1.29 is 0 Å². The molecule has 0 aliphatic heterocycles. The molecule has 0 heterocycles. The van der Waals surface area contributed by atoms with E-state index in [1.54, 1.807) is 0 Å². The summed E-state index contributed by atoms with van der Waals surface area (Å²) in [6.07, 6.45) is 9.60. The lowest BCUT2D eigenvalue weighted by Gasteiger charge is -2.01. The predicted octanol–water partition coefficient (Wildman–Crippen LogP) is 4.70. The molecule has 0 N–H and O–H groups in total. The normalized spacial score (nSPS) is 9.67. The van der Waals surface area contributed by atoms with E-state index in [1.807, 2.05) is 0 Å². The molecule has 0 saturated carbocycles. The fourth-order valence-electron chi connectivity index (χ4n) is 1.75. The van der Waals surface area contributed by atoms with E-state index in [1.165, 1.54) is 50.5 Å². The molecule has 0 radical (unpaired) electrons. The Morgan fingerprint density at radius 2 is 1.40 bits per heavy atom. The van der Waals surface area contributed by atoms with Gasteiger partial charge in [0, 0.05) is 0 Å². The van der Waals surface area contributed by atoms with E-state index in [0.717, 1.165) is 0 Å². The van der Waals surface area contributed by atoms with Crippen molar-refractivity contribution in [1.82, 2.24) is 0 Å². The number of benzene rings is 1. The minimum Gasteiger partial charge on any atom is -0.197 e. The van der Waals surface area contributed by atoms with Crippen molar-refractivity contribution in [3.63, 3.8) is 0 Å². The van der Waals surface area contributed by atoms with Gasteiger partial charge in [-0.15, -0.1) is 0 Å². The molecule has 0 nitrogen and oxygen atoms in total. The van der Waals surface area contributed by atoms with Crippen molar-refractivity contribution in [2.24, 2.45) is 0 Å². The molecule has 0 saturated heterocycles. The fourth-order valence-corrected chi connectivity index (χ4v) is 1.75. The third-order valence-electron chi connectivity index (χ3n) is 2.66. The molecule has 1 aromatic carbocycles. The van der Waals surface area contributed by atoms with Gasteiger partial charge in [-0.2, -0.15) is 13.5 Å². The van der Waals surface area contributed by atoms with Gasteiger partial charge in [0.25, 0.3) is 0 Å². The van der Waals surface area contributed by atoms with Crippen molar-refractivity contribution in [1.29, 1.82) is 0 Å². The zero-order chi connectivity index (χ0) is 10.1. The second-order valence-corrected chi connectivity index (χ2v) is 4.00. The van der Waals surface area contributed by atoms with E-state index in [9.17, 15) is 0 Å². The highest BCUT2D eigenvalue weighted by Crippen LogP contribution is 2.09. The van der Waals surface area contributed by atoms with Crippen molar-refractivity contribution in [3.05, 3.63) is 35.9 Å². The van der Waals surface area contributed by atoms with Gasteiger partial charge in [-0.3, -0.25) is 0 Å². The van der Waals surface area contributed by atoms with E-state index >= 15 is 0 Å². The molecule has 15 heavy (non-hydrogen) atoms. The summed E-state index contributed by atoms with van der Waals surface area (Å²) in [5.74, 6) is 0. The highest BCUT2D eigenvalue weighted by Gasteiger charge is 1.92. The minimum atomic E-state index is 0. The molecule has 1 aromatic rings. The highest BCUT2D eigenvalue weighted by atomic mass is 32.1. The van der Waals surface area contributed by atoms with Gasteiger partial charge in [-0.25, -0.2) is 0 Å². The summed E-state index contributed by atoms with van der Waals surface area (Å²) >= 11 is 0. The Bertz CT molecular complexity index is 218. The Balaban J connectivity index is 0.00000196. The molecule has 0 atom stereocenters. The van der Waals surface area contributed by atoms with Crippen molar-refractivity contribution in [3.8, 4) is 0 Å². The first-order valence-corrected chi connectivity index (χ1v) is 5.97. The summed E-state index contributed by atoms with van der Waals surface area (Å²) in [5, 5.41) is 0. The maximum Gasteiger partial charge on any atom is -0.0279 e. The molecule has 86 valence electrons. The molecular weight excluding hydrogens is 200 g/mol. The Morgan fingerprint density at radius 1 is 0.800 bits per heavy atom. The van der Waals surface area contributed by atoms with E-state index in [4.69, 9.17) is 0 Å². The van der Waals surface area contributed by atoms with Gasteiger partial charge in [0.15, 0.2) is 0 Å². The molecule has 0 amide bonds. The third kappa shape index (κ3) is 7.49. The molecule has 0 aliphatic rings. The number of hydrogen-bond donors (Lipinski definition) is 0. The van der Waals surface area contributed by atoms with E-state index < -0.39 is 0 Å². The summed E-state index contributed by atoms with van der Waals surface area (Å²) in [6, 6.07) is 10.8. The molecule has 1 rings (SSSR count). The Kier molecular flexibility index (Phi) is 9.81. The average molecular weight is 224 g/mol. The van der Waals surface area contributed by atoms with Gasteiger partial charge >= 0.3 is 0 Å². The number of hydrogen-bond acceptors (Lipinski definition) is 0. The quantitative estimate of drug-likeness (QED) is 0.589. The predicted molar refractivity (Wildman–Crippen MR) is 73.9 cm³/mol. The lowest BCUT2D eigenvalue weighted by Crippen LogP contribution is -1.85. The van der Waals surface area contributed by atoms with Gasteiger partial charge in [0.1, 0.15) is 0 Å². The van der Waals surface area contributed by atoms with Crippen LogP contribution in [0.2, 0.25) is 0 Å². The van der Waals surface area contributed by atoms with E-state index in [0.29, 0.717) is 0 Å². The second-order valence-electron chi connectivity index (χ2n) is 4.00. The Labute approximate surface area is 102 Å². The third-order valence-corrected chi connectivity index (χ3v) is 2.66. The Morgan fingerprint density at radius 3 is 2.07 bits per heavy atom. The molecule has 0 aromatic heterocycles. The van der Waals surface area contributed by atoms with Crippen molar-refractivity contribution >= 4 is 13.5 Å². The number of rotatable bonds is 7. The lowest BCUT2D eigenvalue weighted by atomic mass is 10.1. The maximum atomic E-state index is 2.27. The van der Waals surface area contributed by atoms with Crippen LogP contribution in [0.3, 0.4) is 0 Å². The highest BCUT2D eigenvalue weighted by molar-refractivity contribution is 7.59. The molecular formula is C14H24S. The second kappa shape index (κ2) is 10.1. The molecule has 0 bridgehead atoms. The van der Waals surface area contributed by atoms with Crippen LogP contribution >= 0.6 is 13.5 Å². The van der Waals surface area contributed by atoms with Crippen LogP contribution in [0, 0.1) is 0 Å². The largest absolute Gasteiger partial charge is 0.197 e. The molecule has 0 fully saturated rings. The number of unbranched alkanes of at least 4 members (excludes halogenated alkanes) is 5. The van der Waals surface area contributed by atoms with Crippen LogP contribution < -0.4 is 0 Å². The minimum absolute atomic E-state index is 0. The number of aryl methyl sites for hydroxylation is 1. The smallest absolute Gasteiger partial charge is 0.0279 e. The van der Waals surface area contributed by atoms with Gasteiger partial charge in [-0.1, -0.05) is 69.4 Å². The van der Waals surface area contributed by atoms with Gasteiger partial charge in [0.2, 0.25) is 0 Å². The topological polar surface area (TPSA) is 0 Å². The molecule has 1 heteroatoms. The zero-order valence-electron chi connectivity index (χ0n) is 9.84. The van der Waals surface area contributed by atoms with Gasteiger partial charge in [0.05, 0.1) is 0 Å². The van der Waals surface area contributed by atoms with Crippen LogP contribution in [0.5, 0.6) is 0 Å². The summed E-state index contributed by atoms with van der Waals surface area (Å²) < 4.78 is 0. The van der Waals surface area contributed by atoms with Crippen LogP contribution in [0.1, 0.15) is 51.0 Å². The van der Waals surface area contributed by atoms with Crippen molar-refractivity contribution in [2.45, 2.75) is 51.9 Å². The molecule has 0 unspecified atom stereocenters. The summed E-state index contributed by atoms with van der Waals surface area (Å²) in [7, 11) is 0. The standard InChI is InChI=1S/C14H22.H2S/c1-2-3-4-5-6-8-11-14-12-9-7-10-13-14;/h7,9-10,12-13H,2-6,8,11H2,1H3;1H2. The van der Waals surface area contributed by atoms with Crippen LogP contribution in [-0.4, -0.2) is 0 Å². The first-order valence-electron chi connectivity index (χ1n) is 5.97. The molecule has 0 spiro atoms. The van der Waals surface area contributed by atoms with Gasteiger partial charge < -0.3 is 0 Å². The van der Waals surface area contributed by atoms with E-state index in [-0.39, 0.29) is 13.5 Å². The van der Waals surface area contributed by atoms with Crippen LogP contribution in [0.4, 0.5) is 0 Å². The first-order chi connectivity index (χ1) is 6.93. The Hall–Kier alpha value is -0.430. The van der Waals surface area contributed by atoms with Gasteiger partial charge in [-0.05, 0) is 18.4 Å². The van der Waals surface area contributed by atoms with Crippen LogP contribution in [0.25, 0.3) is 0 Å². The summed E-state index contributed by atoms with van der Waals surface area (Å²) in [5.41, 5.74) is 1.49. The van der Waals surface area contributed by atoms with Crippen LogP contribution in [0.15, 0.2) is 30.3 Å². The monoisotopic (exact) mass is 224 g/mol. The maximum absolute atomic E-state index is 2.27. The SMILES string of the molecule is CCCCCCCCc1ccccc1.S. The van der Waals surface area contributed by atoms with E-state index in [2.05, 4.69) is 37.3 Å². The zero-order valence-corrected chi connectivity index (χ0v) is 10.8. The first kappa shape index (κ1) is 14.6. The average Bonchev–Trinajstić information content (AvgIpc) is 2.25. The summed E-state index contributed by atoms with van der Waals surface area (Å²) in [4.78, 5) is 0. The summed E-state index contributed by atoms with van der Waals surface area (Å²) in [6.45, 7) is 2.27. The fraction of sp³-hybridized carbons (Fsp3) is 0.571. The molecule has 0 aliphatic carbocycles. The van der Waals surface area contributed by atoms with Crippen molar-refractivity contribution in [2.75, 3.05) is 0 Å². The van der Waals surface area contributed by atoms with Crippen LogP contribution in [-0.2, 0) is 6.42 Å².